The van der Waals surface area contributed by atoms with Gasteiger partial charge in [-0.1, -0.05) is 23.7 Å². The molecule has 5 rings (SSSR count). The minimum Gasteiger partial charge on any atom is -0.382 e. The van der Waals surface area contributed by atoms with E-state index in [4.69, 9.17) is 11.6 Å². The van der Waals surface area contributed by atoms with Gasteiger partial charge in [0.25, 0.3) is 0 Å². The molecule has 0 fully saturated rings. The van der Waals surface area contributed by atoms with Gasteiger partial charge in [0.05, 0.1) is 32.7 Å². The molecular weight excluding hydrogens is 497 g/mol. The SMILES string of the molecule is CC(Nc1c(Cl)cnc2ccc(-c3cnc(C(C)(C)O)nc3)cc12)c1cc(-c2cncs2)ccc1F. The first-order chi connectivity index (χ1) is 17.2. The van der Waals surface area contributed by atoms with Crippen molar-refractivity contribution in [2.24, 2.45) is 0 Å². The van der Waals surface area contributed by atoms with E-state index in [9.17, 15) is 9.50 Å². The molecule has 0 bridgehead atoms. The minimum absolute atomic E-state index is 0.303. The molecule has 2 N–H and O–H groups in total. The van der Waals surface area contributed by atoms with Crippen LogP contribution in [-0.4, -0.2) is 25.0 Å². The summed E-state index contributed by atoms with van der Waals surface area (Å²) < 4.78 is 14.9. The zero-order chi connectivity index (χ0) is 25.4. The second-order valence-corrected chi connectivity index (χ2v) is 10.3. The molecule has 3 heterocycles. The number of nitrogens with zero attached hydrogens (tertiary/aromatic N) is 4. The van der Waals surface area contributed by atoms with Gasteiger partial charge in [-0.3, -0.25) is 9.97 Å². The third kappa shape index (κ3) is 4.80. The Bertz CT molecular complexity index is 1540. The molecule has 182 valence electrons. The van der Waals surface area contributed by atoms with E-state index in [1.165, 1.54) is 17.4 Å². The highest BCUT2D eigenvalue weighted by Gasteiger charge is 2.20. The van der Waals surface area contributed by atoms with E-state index in [0.29, 0.717) is 22.1 Å². The van der Waals surface area contributed by atoms with Crippen LogP contribution in [-0.2, 0) is 5.60 Å². The highest BCUT2D eigenvalue weighted by Crippen LogP contribution is 2.36. The second-order valence-electron chi connectivity index (χ2n) is 9.04. The van der Waals surface area contributed by atoms with Crippen LogP contribution >= 0.6 is 22.9 Å². The second kappa shape index (κ2) is 9.54. The Morgan fingerprint density at radius 2 is 1.72 bits per heavy atom. The van der Waals surface area contributed by atoms with Crippen molar-refractivity contribution >= 4 is 39.5 Å². The van der Waals surface area contributed by atoms with Crippen molar-refractivity contribution in [1.82, 2.24) is 19.9 Å². The third-order valence-electron chi connectivity index (χ3n) is 5.89. The van der Waals surface area contributed by atoms with Crippen LogP contribution in [0.5, 0.6) is 0 Å². The van der Waals surface area contributed by atoms with Crippen LogP contribution < -0.4 is 5.32 Å². The maximum Gasteiger partial charge on any atom is 0.159 e. The first-order valence-corrected chi connectivity index (χ1v) is 12.5. The van der Waals surface area contributed by atoms with E-state index >= 15 is 0 Å². The monoisotopic (exact) mass is 519 g/mol. The summed E-state index contributed by atoms with van der Waals surface area (Å²) in [6, 6.07) is 10.5. The number of halogens is 2. The summed E-state index contributed by atoms with van der Waals surface area (Å²) in [6.45, 7) is 5.17. The predicted octanol–water partition coefficient (Wildman–Crippen LogP) is 7.01. The van der Waals surface area contributed by atoms with Gasteiger partial charge in [0.1, 0.15) is 11.4 Å². The number of thiazole rings is 1. The summed E-state index contributed by atoms with van der Waals surface area (Å²) in [5.41, 5.74) is 5.11. The zero-order valence-electron chi connectivity index (χ0n) is 19.8. The van der Waals surface area contributed by atoms with Gasteiger partial charge in [-0.2, -0.15) is 0 Å². The third-order valence-corrected chi connectivity index (χ3v) is 7.00. The number of fused-ring (bicyclic) bond motifs is 1. The Labute approximate surface area is 216 Å². The Hall–Kier alpha value is -3.46. The maximum atomic E-state index is 14.9. The number of aliphatic hydroxyl groups is 1. The van der Waals surface area contributed by atoms with E-state index < -0.39 is 5.60 Å². The summed E-state index contributed by atoms with van der Waals surface area (Å²) in [5.74, 6) is 0.0398. The number of anilines is 1. The molecule has 0 saturated carbocycles. The van der Waals surface area contributed by atoms with Crippen LogP contribution in [0.25, 0.3) is 32.5 Å². The van der Waals surface area contributed by atoms with Crippen LogP contribution in [0.4, 0.5) is 10.1 Å². The number of hydrogen-bond donors (Lipinski definition) is 2. The molecule has 9 heteroatoms. The standard InChI is InChI=1S/C27H23ClFN5OS/c1-15(19-9-17(4-6-22(19)29)24-13-30-14-36-24)34-25-20-8-16(5-7-23(20)31-12-21(25)28)18-10-32-26(33-11-18)27(2,3)35/h4-15,35H,1-3H3,(H,31,34). The van der Waals surface area contributed by atoms with E-state index in [0.717, 1.165) is 32.5 Å². The van der Waals surface area contributed by atoms with Gasteiger partial charge in [0.2, 0.25) is 0 Å². The molecular formula is C27H23ClFN5OS. The summed E-state index contributed by atoms with van der Waals surface area (Å²) in [5, 5.41) is 14.8. The average Bonchev–Trinajstić information content (AvgIpc) is 3.40. The van der Waals surface area contributed by atoms with E-state index in [1.54, 1.807) is 50.2 Å². The fourth-order valence-corrected chi connectivity index (χ4v) is 4.79. The fourth-order valence-electron chi connectivity index (χ4n) is 3.97. The normalized spacial score (nSPS) is 12.6. The number of pyridine rings is 1. The van der Waals surface area contributed by atoms with Crippen molar-refractivity contribution in [3.05, 3.63) is 88.9 Å². The molecule has 0 aliphatic heterocycles. The first-order valence-electron chi connectivity index (χ1n) is 11.3. The number of hydrogen-bond acceptors (Lipinski definition) is 7. The quantitative estimate of drug-likeness (QED) is 0.251. The molecule has 6 nitrogen and oxygen atoms in total. The maximum absolute atomic E-state index is 14.9. The number of benzene rings is 2. The van der Waals surface area contributed by atoms with Crippen LogP contribution in [0.2, 0.25) is 5.02 Å². The van der Waals surface area contributed by atoms with Gasteiger partial charge < -0.3 is 10.4 Å². The molecule has 2 aromatic carbocycles. The van der Waals surface area contributed by atoms with Crippen LogP contribution in [0.15, 0.2) is 66.7 Å². The van der Waals surface area contributed by atoms with E-state index in [-0.39, 0.29) is 11.9 Å². The van der Waals surface area contributed by atoms with Crippen LogP contribution in [0, 0.1) is 5.82 Å². The van der Waals surface area contributed by atoms with E-state index in [1.807, 2.05) is 31.2 Å². The molecule has 3 aromatic heterocycles. The Morgan fingerprint density at radius 3 is 2.42 bits per heavy atom. The molecule has 0 radical (unpaired) electrons. The predicted molar refractivity (Wildman–Crippen MR) is 143 cm³/mol. The van der Waals surface area contributed by atoms with E-state index in [2.05, 4.69) is 25.3 Å². The summed E-state index contributed by atoms with van der Waals surface area (Å²) in [7, 11) is 0. The minimum atomic E-state index is -1.13. The van der Waals surface area contributed by atoms with Crippen LogP contribution in [0.3, 0.4) is 0 Å². The summed E-state index contributed by atoms with van der Waals surface area (Å²) in [6.07, 6.45) is 6.71. The molecule has 0 saturated heterocycles. The van der Waals surface area contributed by atoms with Crippen molar-refractivity contribution in [1.29, 1.82) is 0 Å². The summed E-state index contributed by atoms with van der Waals surface area (Å²) in [4.78, 5) is 18.2. The fraction of sp³-hybridized carbons (Fsp3) is 0.185. The lowest BCUT2D eigenvalue weighted by molar-refractivity contribution is 0.0687. The number of nitrogens with one attached hydrogen (secondary N) is 1. The molecule has 1 atom stereocenters. The van der Waals surface area contributed by atoms with Crippen molar-refractivity contribution in [3.8, 4) is 21.6 Å². The van der Waals surface area contributed by atoms with Crippen molar-refractivity contribution in [2.75, 3.05) is 5.32 Å². The van der Waals surface area contributed by atoms with Crippen molar-refractivity contribution in [3.63, 3.8) is 0 Å². The summed E-state index contributed by atoms with van der Waals surface area (Å²) >= 11 is 8.08. The average molecular weight is 520 g/mol. The molecule has 0 aliphatic rings. The highest BCUT2D eigenvalue weighted by atomic mass is 35.5. The smallest absolute Gasteiger partial charge is 0.159 e. The van der Waals surface area contributed by atoms with Crippen molar-refractivity contribution in [2.45, 2.75) is 32.4 Å². The molecule has 0 spiro atoms. The topological polar surface area (TPSA) is 83.8 Å². The van der Waals surface area contributed by atoms with Gasteiger partial charge in [-0.15, -0.1) is 11.3 Å². The van der Waals surface area contributed by atoms with Gasteiger partial charge in [0.15, 0.2) is 5.82 Å². The van der Waals surface area contributed by atoms with Gasteiger partial charge >= 0.3 is 0 Å². The number of rotatable bonds is 6. The Balaban J connectivity index is 1.52. The lowest BCUT2D eigenvalue weighted by Gasteiger charge is -2.20. The Kier molecular flexibility index (Phi) is 6.42. The largest absolute Gasteiger partial charge is 0.382 e. The van der Waals surface area contributed by atoms with Crippen molar-refractivity contribution < 1.29 is 9.50 Å². The lowest BCUT2D eigenvalue weighted by Crippen LogP contribution is -2.19. The molecule has 0 amide bonds. The van der Waals surface area contributed by atoms with Crippen LogP contribution in [0.1, 0.15) is 38.2 Å². The Morgan fingerprint density at radius 1 is 0.972 bits per heavy atom. The highest BCUT2D eigenvalue weighted by molar-refractivity contribution is 7.13. The van der Waals surface area contributed by atoms with Gasteiger partial charge in [-0.25, -0.2) is 14.4 Å². The molecule has 0 aliphatic carbocycles. The zero-order valence-corrected chi connectivity index (χ0v) is 21.4. The molecule has 1 unspecified atom stereocenters. The lowest BCUT2D eigenvalue weighted by atomic mass is 10.0. The molecule has 36 heavy (non-hydrogen) atoms. The van der Waals surface area contributed by atoms with Gasteiger partial charge in [0, 0.05) is 41.3 Å². The molecule has 5 aromatic rings. The first kappa shape index (κ1) is 24.2. The number of aromatic nitrogens is 4. The van der Waals surface area contributed by atoms with Gasteiger partial charge in [-0.05, 0) is 56.2 Å².